The fourth-order valence-electron chi connectivity index (χ4n) is 2.41. The second-order valence-corrected chi connectivity index (χ2v) is 5.54. The number of hydrogen-bond donors (Lipinski definition) is 1. The van der Waals surface area contributed by atoms with Crippen molar-refractivity contribution in [2.75, 3.05) is 12.4 Å². The Morgan fingerprint density at radius 2 is 1.63 bits per heavy atom. The molecule has 0 atom stereocenters. The Labute approximate surface area is 155 Å². The number of nitro benzene ring substituents is 1. The van der Waals surface area contributed by atoms with Gasteiger partial charge in [0, 0.05) is 17.3 Å². The molecule has 0 aliphatic carbocycles. The second kappa shape index (κ2) is 8.01. The van der Waals surface area contributed by atoms with Crippen LogP contribution in [0.5, 0.6) is 17.2 Å². The molecule has 1 amide bonds. The van der Waals surface area contributed by atoms with Gasteiger partial charge in [-0.3, -0.25) is 14.9 Å². The lowest BCUT2D eigenvalue weighted by molar-refractivity contribution is -0.385. The number of methoxy groups -OCH3 is 1. The number of hydrogen-bond acceptors (Lipinski definition) is 5. The number of benzene rings is 3. The van der Waals surface area contributed by atoms with Gasteiger partial charge in [-0.15, -0.1) is 0 Å². The number of anilines is 1. The maximum absolute atomic E-state index is 12.4. The molecule has 0 radical (unpaired) electrons. The number of rotatable bonds is 6. The Balaban J connectivity index is 1.71. The zero-order valence-corrected chi connectivity index (χ0v) is 14.4. The number of ether oxygens (including phenoxy) is 2. The summed E-state index contributed by atoms with van der Waals surface area (Å²) in [5, 5.41) is 13.8. The average Bonchev–Trinajstić information content (AvgIpc) is 2.69. The predicted molar refractivity (Wildman–Crippen MR) is 101 cm³/mol. The normalized spacial score (nSPS) is 10.1. The molecule has 3 aromatic carbocycles. The van der Waals surface area contributed by atoms with E-state index in [0.717, 1.165) is 0 Å². The van der Waals surface area contributed by atoms with Gasteiger partial charge in [0.2, 0.25) is 0 Å². The van der Waals surface area contributed by atoms with E-state index in [2.05, 4.69) is 5.32 Å². The van der Waals surface area contributed by atoms with E-state index < -0.39 is 10.8 Å². The minimum absolute atomic E-state index is 0.0963. The van der Waals surface area contributed by atoms with Gasteiger partial charge in [-0.05, 0) is 48.5 Å². The monoisotopic (exact) mass is 364 g/mol. The van der Waals surface area contributed by atoms with E-state index in [4.69, 9.17) is 9.47 Å². The first kappa shape index (κ1) is 17.9. The van der Waals surface area contributed by atoms with Gasteiger partial charge in [-0.25, -0.2) is 0 Å². The molecule has 7 nitrogen and oxygen atoms in total. The summed E-state index contributed by atoms with van der Waals surface area (Å²) in [6.07, 6.45) is 0. The van der Waals surface area contributed by atoms with Crippen molar-refractivity contribution in [3.8, 4) is 17.2 Å². The van der Waals surface area contributed by atoms with E-state index >= 15 is 0 Å². The van der Waals surface area contributed by atoms with Crippen LogP contribution in [0.1, 0.15) is 10.4 Å². The van der Waals surface area contributed by atoms with E-state index in [9.17, 15) is 14.9 Å². The van der Waals surface area contributed by atoms with Gasteiger partial charge in [-0.2, -0.15) is 0 Å². The molecule has 0 saturated heterocycles. The van der Waals surface area contributed by atoms with E-state index in [-0.39, 0.29) is 17.0 Å². The van der Waals surface area contributed by atoms with Crippen LogP contribution in [0.3, 0.4) is 0 Å². The molecule has 0 heterocycles. The highest BCUT2D eigenvalue weighted by Gasteiger charge is 2.18. The van der Waals surface area contributed by atoms with Crippen LogP contribution >= 0.6 is 0 Å². The largest absolute Gasteiger partial charge is 0.490 e. The van der Waals surface area contributed by atoms with Crippen molar-refractivity contribution in [1.29, 1.82) is 0 Å². The van der Waals surface area contributed by atoms with Crippen molar-refractivity contribution in [2.45, 2.75) is 0 Å². The molecule has 0 aliphatic heterocycles. The molecule has 1 N–H and O–H groups in total. The van der Waals surface area contributed by atoms with Crippen molar-refractivity contribution in [1.82, 2.24) is 0 Å². The van der Waals surface area contributed by atoms with Gasteiger partial charge >= 0.3 is 5.69 Å². The minimum Gasteiger partial charge on any atom is -0.490 e. The summed E-state index contributed by atoms with van der Waals surface area (Å²) in [4.78, 5) is 22.8. The fraction of sp³-hybridized carbons (Fsp3) is 0.0500. The molecule has 3 rings (SSSR count). The van der Waals surface area contributed by atoms with Gasteiger partial charge in [0.15, 0.2) is 5.75 Å². The van der Waals surface area contributed by atoms with E-state index in [0.29, 0.717) is 17.2 Å². The molecule has 0 spiro atoms. The molecule has 0 aromatic heterocycles. The molecular formula is C20H16N2O5. The van der Waals surface area contributed by atoms with Crippen molar-refractivity contribution < 1.29 is 19.2 Å². The summed E-state index contributed by atoms with van der Waals surface area (Å²) >= 11 is 0. The standard InChI is InChI=1S/C20H16N2O5/c1-26-19-12-7-14(13-18(19)22(24)25)20(23)21-15-8-10-17(11-9-15)27-16-5-3-2-4-6-16/h2-13H,1H3,(H,21,23). The van der Waals surface area contributed by atoms with Gasteiger partial charge in [0.1, 0.15) is 11.5 Å². The lowest BCUT2D eigenvalue weighted by Gasteiger charge is -2.09. The molecule has 0 bridgehead atoms. The third-order valence-corrected chi connectivity index (χ3v) is 3.73. The zero-order chi connectivity index (χ0) is 19.2. The highest BCUT2D eigenvalue weighted by molar-refractivity contribution is 6.04. The number of nitrogens with one attached hydrogen (secondary N) is 1. The Morgan fingerprint density at radius 3 is 2.26 bits per heavy atom. The number of nitrogens with zero attached hydrogens (tertiary/aromatic N) is 1. The Morgan fingerprint density at radius 1 is 0.963 bits per heavy atom. The molecular weight excluding hydrogens is 348 g/mol. The molecule has 0 fully saturated rings. The van der Waals surface area contributed by atoms with Crippen LogP contribution in [0.25, 0.3) is 0 Å². The number of carbonyl (C=O) groups excluding carboxylic acids is 1. The van der Waals surface area contributed by atoms with Crippen LogP contribution in [-0.4, -0.2) is 17.9 Å². The molecule has 136 valence electrons. The highest BCUT2D eigenvalue weighted by Crippen LogP contribution is 2.28. The van der Waals surface area contributed by atoms with Crippen LogP contribution in [-0.2, 0) is 0 Å². The lowest BCUT2D eigenvalue weighted by atomic mass is 10.1. The maximum atomic E-state index is 12.4. The molecule has 0 aliphatic rings. The number of carbonyl (C=O) groups is 1. The summed E-state index contributed by atoms with van der Waals surface area (Å²) < 4.78 is 10.6. The van der Waals surface area contributed by atoms with Crippen LogP contribution in [0.2, 0.25) is 0 Å². The van der Waals surface area contributed by atoms with Crippen LogP contribution in [0, 0.1) is 10.1 Å². The summed E-state index contributed by atoms with van der Waals surface area (Å²) in [5.41, 5.74) is 0.433. The van der Waals surface area contributed by atoms with E-state index in [1.807, 2.05) is 30.3 Å². The SMILES string of the molecule is COc1ccc(C(=O)Nc2ccc(Oc3ccccc3)cc2)cc1[N+](=O)[O-]. The van der Waals surface area contributed by atoms with Crippen LogP contribution in [0.4, 0.5) is 11.4 Å². The lowest BCUT2D eigenvalue weighted by Crippen LogP contribution is -2.12. The van der Waals surface area contributed by atoms with Gasteiger partial charge < -0.3 is 14.8 Å². The highest BCUT2D eigenvalue weighted by atomic mass is 16.6. The van der Waals surface area contributed by atoms with Crippen LogP contribution < -0.4 is 14.8 Å². The summed E-state index contributed by atoms with van der Waals surface area (Å²) in [6.45, 7) is 0. The molecule has 7 heteroatoms. The summed E-state index contributed by atoms with van der Waals surface area (Å²) in [5.74, 6) is 0.968. The molecule has 0 unspecified atom stereocenters. The third-order valence-electron chi connectivity index (χ3n) is 3.73. The van der Waals surface area contributed by atoms with Gasteiger partial charge in [0.25, 0.3) is 5.91 Å². The van der Waals surface area contributed by atoms with Gasteiger partial charge in [0.05, 0.1) is 12.0 Å². The third kappa shape index (κ3) is 4.40. The van der Waals surface area contributed by atoms with Crippen molar-refractivity contribution in [2.24, 2.45) is 0 Å². The van der Waals surface area contributed by atoms with E-state index in [1.165, 1.54) is 25.3 Å². The number of para-hydroxylation sites is 1. The molecule has 0 saturated carbocycles. The predicted octanol–water partition coefficient (Wildman–Crippen LogP) is 4.65. The van der Waals surface area contributed by atoms with Crippen molar-refractivity contribution >= 4 is 17.3 Å². The molecule has 3 aromatic rings. The first-order chi connectivity index (χ1) is 13.1. The number of amides is 1. The molecule has 27 heavy (non-hydrogen) atoms. The first-order valence-electron chi connectivity index (χ1n) is 8.03. The Bertz CT molecular complexity index is 956. The smallest absolute Gasteiger partial charge is 0.311 e. The fourth-order valence-corrected chi connectivity index (χ4v) is 2.41. The average molecular weight is 364 g/mol. The Hall–Kier alpha value is -3.87. The quantitative estimate of drug-likeness (QED) is 0.508. The summed E-state index contributed by atoms with van der Waals surface area (Å²) in [7, 11) is 1.33. The number of nitro groups is 1. The van der Waals surface area contributed by atoms with Crippen molar-refractivity contribution in [3.05, 3.63) is 88.5 Å². The van der Waals surface area contributed by atoms with Crippen molar-refractivity contribution in [3.63, 3.8) is 0 Å². The topological polar surface area (TPSA) is 90.7 Å². The first-order valence-corrected chi connectivity index (χ1v) is 8.03. The van der Waals surface area contributed by atoms with Gasteiger partial charge in [-0.1, -0.05) is 18.2 Å². The summed E-state index contributed by atoms with van der Waals surface area (Å²) in [6, 6.07) is 20.2. The maximum Gasteiger partial charge on any atom is 0.311 e. The second-order valence-electron chi connectivity index (χ2n) is 5.54. The Kier molecular flexibility index (Phi) is 5.32. The minimum atomic E-state index is -0.592. The zero-order valence-electron chi connectivity index (χ0n) is 14.4. The van der Waals surface area contributed by atoms with E-state index in [1.54, 1.807) is 24.3 Å². The van der Waals surface area contributed by atoms with Crippen LogP contribution in [0.15, 0.2) is 72.8 Å².